The lowest BCUT2D eigenvalue weighted by Gasteiger charge is -2.39. The van der Waals surface area contributed by atoms with E-state index in [1.165, 1.54) is 18.4 Å². The Kier molecular flexibility index (Phi) is 5.42. The van der Waals surface area contributed by atoms with E-state index in [1.807, 2.05) is 6.07 Å². The molecule has 28 heavy (non-hydrogen) atoms. The largest absolute Gasteiger partial charge is 0.466 e. The summed E-state index contributed by atoms with van der Waals surface area (Å²) in [6.07, 6.45) is 3.22. The Morgan fingerprint density at radius 1 is 1.39 bits per heavy atom. The summed E-state index contributed by atoms with van der Waals surface area (Å²) in [6.45, 7) is 0.122. The summed E-state index contributed by atoms with van der Waals surface area (Å²) in [7, 11) is 0. The number of hydrogen-bond acceptors (Lipinski definition) is 6. The van der Waals surface area contributed by atoms with Gasteiger partial charge in [0.05, 0.1) is 18.4 Å². The van der Waals surface area contributed by atoms with E-state index in [1.54, 1.807) is 23.1 Å². The highest BCUT2D eigenvalue weighted by Gasteiger charge is 2.41. The van der Waals surface area contributed by atoms with E-state index in [0.717, 1.165) is 0 Å². The van der Waals surface area contributed by atoms with Gasteiger partial charge in [-0.15, -0.1) is 0 Å². The molecule has 1 aromatic heterocycles. The molecule has 3 N–H and O–H groups in total. The zero-order valence-corrected chi connectivity index (χ0v) is 14.7. The molecule has 0 fully saturated rings. The van der Waals surface area contributed by atoms with Gasteiger partial charge in [0.2, 0.25) is 0 Å². The zero-order valence-electron chi connectivity index (χ0n) is 14.7. The van der Waals surface area contributed by atoms with E-state index in [4.69, 9.17) is 15.4 Å². The van der Waals surface area contributed by atoms with E-state index < -0.39 is 23.9 Å². The molecule has 0 amide bonds. The minimum Gasteiger partial charge on any atom is -0.466 e. The molecule has 0 aromatic carbocycles. The number of nitriles is 1. The van der Waals surface area contributed by atoms with Crippen molar-refractivity contribution < 1.29 is 22.4 Å². The Morgan fingerprint density at radius 3 is 2.79 bits per heavy atom. The summed E-state index contributed by atoms with van der Waals surface area (Å²) < 4.78 is 43.3. The minimum atomic E-state index is -2.36. The van der Waals surface area contributed by atoms with Gasteiger partial charge < -0.3 is 15.5 Å². The number of nitrogens with zero attached hydrogens (tertiary/aromatic N) is 2. The third kappa shape index (κ3) is 3.73. The fourth-order valence-corrected chi connectivity index (χ4v) is 3.26. The molecular formula is C19H17F3N4O2. The topological polar surface area (TPSA) is 95.3 Å². The fraction of sp³-hybridized carbons (Fsp3) is 0.263. The lowest BCUT2D eigenvalue weighted by atomic mass is 9.81. The van der Waals surface area contributed by atoms with Gasteiger partial charge in [0.25, 0.3) is 0 Å². The highest BCUT2D eigenvalue weighted by molar-refractivity contribution is 5.93. The highest BCUT2D eigenvalue weighted by Crippen LogP contribution is 2.37. The molecule has 6 nitrogen and oxygen atoms in total. The van der Waals surface area contributed by atoms with Crippen molar-refractivity contribution in [2.45, 2.75) is 12.0 Å². The predicted molar refractivity (Wildman–Crippen MR) is 94.0 cm³/mol. The van der Waals surface area contributed by atoms with Gasteiger partial charge in [-0.3, -0.25) is 9.69 Å². The first-order valence-corrected chi connectivity index (χ1v) is 8.43. The number of rotatable bonds is 5. The van der Waals surface area contributed by atoms with Crippen LogP contribution in [-0.4, -0.2) is 30.3 Å². The lowest BCUT2D eigenvalue weighted by Crippen LogP contribution is -2.50. The molecule has 2 aliphatic rings. The monoisotopic (exact) mass is 390 g/mol. The summed E-state index contributed by atoms with van der Waals surface area (Å²) >= 11 is 0. The quantitative estimate of drug-likeness (QED) is 0.803. The van der Waals surface area contributed by atoms with Gasteiger partial charge in [-0.05, 0) is 35.9 Å². The molecule has 3 heterocycles. The minimum absolute atomic E-state index is 0.0165. The zero-order chi connectivity index (χ0) is 20.3. The lowest BCUT2D eigenvalue weighted by molar-refractivity contribution is -0.116. The second-order valence-corrected chi connectivity index (χ2v) is 6.44. The summed E-state index contributed by atoms with van der Waals surface area (Å²) in [5, 5.41) is 12.2. The second kappa shape index (κ2) is 7.78. The van der Waals surface area contributed by atoms with Crippen molar-refractivity contribution in [1.29, 1.82) is 5.26 Å². The van der Waals surface area contributed by atoms with Crippen molar-refractivity contribution in [2.75, 3.05) is 19.6 Å². The number of halogens is 3. The van der Waals surface area contributed by atoms with Crippen LogP contribution >= 0.6 is 0 Å². The van der Waals surface area contributed by atoms with Gasteiger partial charge in [-0.1, -0.05) is 0 Å². The molecule has 2 aliphatic heterocycles. The molecule has 3 rings (SSSR count). The summed E-state index contributed by atoms with van der Waals surface area (Å²) in [4.78, 5) is 13.8. The number of nitrogens with one attached hydrogen (secondary N) is 1. The molecule has 0 aliphatic carbocycles. The Labute approximate surface area is 159 Å². The number of hydrogen-bond donors (Lipinski definition) is 2. The number of nitrogens with two attached hydrogens (primary N) is 1. The van der Waals surface area contributed by atoms with Crippen molar-refractivity contribution in [3.8, 4) is 6.07 Å². The Bertz CT molecular complexity index is 937. The van der Waals surface area contributed by atoms with Gasteiger partial charge in [0.15, 0.2) is 11.6 Å². The van der Waals surface area contributed by atoms with Crippen LogP contribution in [0.5, 0.6) is 0 Å². The molecule has 0 spiro atoms. The Hall–Kier alpha value is -3.25. The average Bonchev–Trinajstić information content (AvgIpc) is 3.20. The number of carbonyl (C=O) groups is 1. The first-order valence-electron chi connectivity index (χ1n) is 8.43. The Morgan fingerprint density at radius 2 is 2.18 bits per heavy atom. The molecule has 1 aromatic rings. The van der Waals surface area contributed by atoms with Crippen LogP contribution in [0.3, 0.4) is 0 Å². The van der Waals surface area contributed by atoms with Gasteiger partial charge >= 0.3 is 6.08 Å². The van der Waals surface area contributed by atoms with E-state index in [0.29, 0.717) is 11.3 Å². The number of allylic oxidation sites excluding steroid dienone is 2. The first-order chi connectivity index (χ1) is 13.4. The SMILES string of the molecule is N#CC1=C(N)NC(C2=CC(=O)CN(CCC(F)=C(F)F)C2)(c2ccco2)C=C1. The van der Waals surface area contributed by atoms with Crippen LogP contribution in [0.15, 0.2) is 69.9 Å². The molecule has 0 bridgehead atoms. The maximum atomic E-state index is 13.2. The maximum absolute atomic E-state index is 13.2. The van der Waals surface area contributed by atoms with Crippen molar-refractivity contribution in [1.82, 2.24) is 10.2 Å². The molecule has 9 heteroatoms. The van der Waals surface area contributed by atoms with Crippen LogP contribution in [0.1, 0.15) is 12.2 Å². The van der Waals surface area contributed by atoms with E-state index in [-0.39, 0.29) is 36.8 Å². The van der Waals surface area contributed by atoms with Crippen LogP contribution in [0.2, 0.25) is 0 Å². The number of ketones is 1. The van der Waals surface area contributed by atoms with E-state index in [9.17, 15) is 18.0 Å². The maximum Gasteiger partial charge on any atom is 0.301 e. The van der Waals surface area contributed by atoms with Gasteiger partial charge in [-0.2, -0.15) is 14.0 Å². The molecule has 146 valence electrons. The first kappa shape index (κ1) is 19.5. The summed E-state index contributed by atoms with van der Waals surface area (Å²) in [6, 6.07) is 5.31. The van der Waals surface area contributed by atoms with Gasteiger partial charge in [0, 0.05) is 19.5 Å². The average molecular weight is 390 g/mol. The standard InChI is InChI=1S/C19H17F3N4O2/c20-15(17(21)22)4-6-26-10-13(8-14(27)11-26)19(16-2-1-7-28-16)5-3-12(9-23)18(24)25-19/h1-3,5,7-8,25H,4,6,10-11,24H2. The van der Waals surface area contributed by atoms with Crippen molar-refractivity contribution in [2.24, 2.45) is 5.73 Å². The molecule has 0 radical (unpaired) electrons. The normalized spacial score (nSPS) is 22.5. The van der Waals surface area contributed by atoms with Crippen molar-refractivity contribution in [3.05, 3.63) is 71.3 Å². The van der Waals surface area contributed by atoms with E-state index >= 15 is 0 Å². The number of dihydropyridines is 1. The predicted octanol–water partition coefficient (Wildman–Crippen LogP) is 2.61. The summed E-state index contributed by atoms with van der Waals surface area (Å²) in [5.74, 6) is -1.21. The van der Waals surface area contributed by atoms with Crippen LogP contribution in [-0.2, 0) is 10.3 Å². The molecule has 1 atom stereocenters. The molecule has 0 saturated heterocycles. The third-order valence-electron chi connectivity index (χ3n) is 4.62. The van der Waals surface area contributed by atoms with Crippen molar-refractivity contribution >= 4 is 5.78 Å². The van der Waals surface area contributed by atoms with E-state index in [2.05, 4.69) is 5.32 Å². The molecular weight excluding hydrogens is 373 g/mol. The number of carbonyl (C=O) groups excluding carboxylic acids is 1. The highest BCUT2D eigenvalue weighted by atomic mass is 19.3. The second-order valence-electron chi connectivity index (χ2n) is 6.44. The molecule has 0 saturated carbocycles. The smallest absolute Gasteiger partial charge is 0.301 e. The Balaban J connectivity index is 1.92. The van der Waals surface area contributed by atoms with Gasteiger partial charge in [0.1, 0.15) is 23.2 Å². The number of furan rings is 1. The van der Waals surface area contributed by atoms with Crippen LogP contribution in [0, 0.1) is 11.3 Å². The van der Waals surface area contributed by atoms with Crippen LogP contribution in [0.25, 0.3) is 0 Å². The summed E-state index contributed by atoms with van der Waals surface area (Å²) in [5.41, 5.74) is 5.61. The van der Waals surface area contributed by atoms with Gasteiger partial charge in [-0.25, -0.2) is 4.39 Å². The molecule has 1 unspecified atom stereocenters. The van der Waals surface area contributed by atoms with Crippen LogP contribution < -0.4 is 11.1 Å². The third-order valence-corrected chi connectivity index (χ3v) is 4.62. The van der Waals surface area contributed by atoms with Crippen LogP contribution in [0.4, 0.5) is 13.2 Å². The fourth-order valence-electron chi connectivity index (χ4n) is 3.26. The van der Waals surface area contributed by atoms with Crippen molar-refractivity contribution in [3.63, 3.8) is 0 Å².